The maximum Gasteiger partial charge on any atom is 0.256 e. The Labute approximate surface area is 68.4 Å². The van der Waals surface area contributed by atoms with E-state index in [2.05, 4.69) is 0 Å². The summed E-state index contributed by atoms with van der Waals surface area (Å²) < 4.78 is 0. The van der Waals surface area contributed by atoms with Crippen molar-refractivity contribution in [1.82, 2.24) is 0 Å². The second-order valence-electron chi connectivity index (χ2n) is 2.05. The number of anilines is 1. The number of rotatable bonds is 1. The molecule has 0 heterocycles. The van der Waals surface area contributed by atoms with Crippen molar-refractivity contribution in [3.63, 3.8) is 0 Å². The number of nitrogens with two attached hydrogens (primary N) is 1. The summed E-state index contributed by atoms with van der Waals surface area (Å²) >= 11 is 5.13. The summed E-state index contributed by atoms with van der Waals surface area (Å²) in [6.07, 6.45) is 0. The number of benzene rings is 1. The number of aromatic hydroxyl groups is 1. The molecule has 1 aromatic rings. The number of hydrogen-bond donors (Lipinski definition) is 2. The molecular formula is C7H6ClNO2. The maximum absolute atomic E-state index is 10.6. The molecule has 1 rings (SSSR count). The number of phenolic OH excluding ortho intramolecular Hbond substituents is 1. The fraction of sp³-hybridized carbons (Fsp3) is 0. The van der Waals surface area contributed by atoms with E-state index in [0.717, 1.165) is 0 Å². The second kappa shape index (κ2) is 2.80. The molecule has 0 aliphatic heterocycles. The predicted molar refractivity (Wildman–Crippen MR) is 42.7 cm³/mol. The van der Waals surface area contributed by atoms with Crippen molar-refractivity contribution in [1.29, 1.82) is 0 Å². The van der Waals surface area contributed by atoms with Crippen molar-refractivity contribution in [3.05, 3.63) is 23.8 Å². The third-order valence-electron chi connectivity index (χ3n) is 1.23. The molecule has 0 spiro atoms. The number of halogens is 1. The monoisotopic (exact) mass is 171 g/mol. The van der Waals surface area contributed by atoms with E-state index in [4.69, 9.17) is 22.4 Å². The Morgan fingerprint density at radius 1 is 1.55 bits per heavy atom. The molecule has 11 heavy (non-hydrogen) atoms. The smallest absolute Gasteiger partial charge is 0.256 e. The van der Waals surface area contributed by atoms with Crippen LogP contribution >= 0.6 is 11.6 Å². The van der Waals surface area contributed by atoms with E-state index in [1.165, 1.54) is 18.2 Å². The lowest BCUT2D eigenvalue weighted by Crippen LogP contribution is -1.92. The Morgan fingerprint density at radius 3 is 2.64 bits per heavy atom. The van der Waals surface area contributed by atoms with Crippen LogP contribution in [-0.2, 0) is 0 Å². The van der Waals surface area contributed by atoms with E-state index >= 15 is 0 Å². The quantitative estimate of drug-likeness (QED) is 0.381. The largest absolute Gasteiger partial charge is 0.507 e. The number of phenols is 1. The molecule has 1 aromatic carbocycles. The van der Waals surface area contributed by atoms with Crippen molar-refractivity contribution in [2.24, 2.45) is 0 Å². The van der Waals surface area contributed by atoms with Gasteiger partial charge in [-0.25, -0.2) is 0 Å². The van der Waals surface area contributed by atoms with Gasteiger partial charge in [-0.15, -0.1) is 0 Å². The molecule has 4 heteroatoms. The molecule has 0 fully saturated rings. The van der Waals surface area contributed by atoms with Gasteiger partial charge in [0.15, 0.2) is 0 Å². The Morgan fingerprint density at radius 2 is 2.18 bits per heavy atom. The first kappa shape index (κ1) is 7.88. The topological polar surface area (TPSA) is 63.3 Å². The highest BCUT2D eigenvalue weighted by molar-refractivity contribution is 6.68. The standard InChI is InChI=1S/C7H6ClNO2/c8-7(11)5-3-4(9)1-2-6(5)10/h1-3,10H,9H2. The Kier molecular flexibility index (Phi) is 2.01. The molecule has 0 aliphatic rings. The molecule has 0 saturated heterocycles. The van der Waals surface area contributed by atoms with Gasteiger partial charge in [0.05, 0.1) is 5.56 Å². The summed E-state index contributed by atoms with van der Waals surface area (Å²) in [5.41, 5.74) is 5.77. The van der Waals surface area contributed by atoms with Crippen LogP contribution in [0.15, 0.2) is 18.2 Å². The summed E-state index contributed by atoms with van der Waals surface area (Å²) in [6, 6.07) is 4.13. The third kappa shape index (κ3) is 1.62. The van der Waals surface area contributed by atoms with E-state index in [9.17, 15) is 4.79 Å². The lowest BCUT2D eigenvalue weighted by atomic mass is 10.2. The summed E-state index contributed by atoms with van der Waals surface area (Å²) in [5, 5.41) is 8.33. The third-order valence-corrected chi connectivity index (χ3v) is 1.44. The van der Waals surface area contributed by atoms with E-state index < -0.39 is 5.24 Å². The van der Waals surface area contributed by atoms with Gasteiger partial charge in [0.25, 0.3) is 5.24 Å². The highest BCUT2D eigenvalue weighted by Crippen LogP contribution is 2.20. The normalized spacial score (nSPS) is 9.55. The van der Waals surface area contributed by atoms with Crippen molar-refractivity contribution in [3.8, 4) is 5.75 Å². The first-order chi connectivity index (χ1) is 5.11. The number of carbonyl (C=O) groups is 1. The summed E-state index contributed by atoms with van der Waals surface area (Å²) in [6.45, 7) is 0. The fourth-order valence-corrected chi connectivity index (χ4v) is 0.862. The lowest BCUT2D eigenvalue weighted by molar-refractivity contribution is 0.107. The first-order valence-electron chi connectivity index (χ1n) is 2.89. The number of carbonyl (C=O) groups excluding carboxylic acids is 1. The molecule has 0 aliphatic carbocycles. The molecule has 0 bridgehead atoms. The van der Waals surface area contributed by atoms with Crippen LogP contribution < -0.4 is 5.73 Å². The first-order valence-corrected chi connectivity index (χ1v) is 3.27. The van der Waals surface area contributed by atoms with Crippen LogP contribution in [-0.4, -0.2) is 10.3 Å². The number of hydrogen-bond acceptors (Lipinski definition) is 3. The minimum atomic E-state index is -0.713. The van der Waals surface area contributed by atoms with Crippen molar-refractivity contribution in [2.75, 3.05) is 5.73 Å². The van der Waals surface area contributed by atoms with Gasteiger partial charge in [-0.05, 0) is 29.8 Å². The van der Waals surface area contributed by atoms with Gasteiger partial charge in [0.2, 0.25) is 0 Å². The predicted octanol–water partition coefficient (Wildman–Crippen LogP) is 1.35. The van der Waals surface area contributed by atoms with Gasteiger partial charge < -0.3 is 10.8 Å². The molecule has 3 nitrogen and oxygen atoms in total. The van der Waals surface area contributed by atoms with Crippen LogP contribution in [0.4, 0.5) is 5.69 Å². The lowest BCUT2D eigenvalue weighted by Gasteiger charge is -1.98. The zero-order valence-electron chi connectivity index (χ0n) is 5.54. The Hall–Kier alpha value is -1.22. The molecule has 0 amide bonds. The van der Waals surface area contributed by atoms with Gasteiger partial charge in [-0.1, -0.05) is 0 Å². The van der Waals surface area contributed by atoms with E-state index in [-0.39, 0.29) is 11.3 Å². The summed E-state index contributed by atoms with van der Waals surface area (Å²) in [5.74, 6) is -0.154. The maximum atomic E-state index is 10.6. The van der Waals surface area contributed by atoms with Crippen molar-refractivity contribution >= 4 is 22.5 Å². The van der Waals surface area contributed by atoms with Crippen LogP contribution in [0.3, 0.4) is 0 Å². The van der Waals surface area contributed by atoms with Crippen molar-refractivity contribution in [2.45, 2.75) is 0 Å². The van der Waals surface area contributed by atoms with Gasteiger partial charge in [-0.3, -0.25) is 4.79 Å². The molecular weight excluding hydrogens is 166 g/mol. The van der Waals surface area contributed by atoms with E-state index in [1.54, 1.807) is 0 Å². The highest BCUT2D eigenvalue weighted by atomic mass is 35.5. The molecule has 0 atom stereocenters. The van der Waals surface area contributed by atoms with Gasteiger partial charge in [-0.2, -0.15) is 0 Å². The summed E-state index contributed by atoms with van der Waals surface area (Å²) in [7, 11) is 0. The molecule has 0 aromatic heterocycles. The highest BCUT2D eigenvalue weighted by Gasteiger charge is 2.07. The van der Waals surface area contributed by atoms with Gasteiger partial charge in [0, 0.05) is 5.69 Å². The Bertz CT molecular complexity index is 298. The van der Waals surface area contributed by atoms with Crippen LogP contribution in [0.2, 0.25) is 0 Å². The van der Waals surface area contributed by atoms with Crippen LogP contribution in [0.5, 0.6) is 5.75 Å². The molecule has 0 radical (unpaired) electrons. The van der Waals surface area contributed by atoms with Crippen LogP contribution in [0.1, 0.15) is 10.4 Å². The van der Waals surface area contributed by atoms with E-state index in [1.807, 2.05) is 0 Å². The minimum Gasteiger partial charge on any atom is -0.507 e. The minimum absolute atomic E-state index is 0.0340. The molecule has 58 valence electrons. The fourth-order valence-electron chi connectivity index (χ4n) is 0.711. The molecule has 0 saturated carbocycles. The Balaban J connectivity index is 3.23. The second-order valence-corrected chi connectivity index (χ2v) is 2.39. The van der Waals surface area contributed by atoms with Gasteiger partial charge in [0.1, 0.15) is 5.75 Å². The average Bonchev–Trinajstić information content (AvgIpc) is 1.94. The zero-order valence-corrected chi connectivity index (χ0v) is 6.30. The number of nitrogen functional groups attached to an aromatic ring is 1. The van der Waals surface area contributed by atoms with Crippen LogP contribution in [0, 0.1) is 0 Å². The van der Waals surface area contributed by atoms with Crippen molar-refractivity contribution < 1.29 is 9.90 Å². The SMILES string of the molecule is Nc1ccc(O)c(C(=O)Cl)c1. The molecule has 0 unspecified atom stereocenters. The van der Waals surface area contributed by atoms with Crippen LogP contribution in [0.25, 0.3) is 0 Å². The summed E-state index contributed by atoms with van der Waals surface area (Å²) in [4.78, 5) is 10.6. The van der Waals surface area contributed by atoms with E-state index in [0.29, 0.717) is 5.69 Å². The molecule has 3 N–H and O–H groups in total. The van der Waals surface area contributed by atoms with Gasteiger partial charge >= 0.3 is 0 Å². The zero-order chi connectivity index (χ0) is 8.43. The average molecular weight is 172 g/mol.